The van der Waals surface area contributed by atoms with Gasteiger partial charge in [-0.1, -0.05) is 23.7 Å². The molecule has 3 heterocycles. The van der Waals surface area contributed by atoms with Crippen molar-refractivity contribution in [2.24, 2.45) is 0 Å². The standard InChI is InChI=1S/C18H19ClN4OS/c19-14-5-12-25-16(14)17-20-15-4-2-1-3-13(15)18(21-17)23-8-6-22(7-9-23)10-11-24/h1-5,12,24H,6-11H2. The number of hydrogen-bond acceptors (Lipinski definition) is 6. The summed E-state index contributed by atoms with van der Waals surface area (Å²) in [4.78, 5) is 15.1. The minimum Gasteiger partial charge on any atom is -0.395 e. The minimum absolute atomic E-state index is 0.206. The third kappa shape index (κ3) is 3.35. The van der Waals surface area contributed by atoms with Crippen molar-refractivity contribution in [1.29, 1.82) is 0 Å². The summed E-state index contributed by atoms with van der Waals surface area (Å²) in [5, 5.41) is 12.8. The quantitative estimate of drug-likeness (QED) is 0.760. The van der Waals surface area contributed by atoms with Crippen molar-refractivity contribution in [3.63, 3.8) is 0 Å². The topological polar surface area (TPSA) is 52.5 Å². The highest BCUT2D eigenvalue weighted by Gasteiger charge is 2.21. The van der Waals surface area contributed by atoms with Crippen molar-refractivity contribution in [2.45, 2.75) is 0 Å². The summed E-state index contributed by atoms with van der Waals surface area (Å²) < 4.78 is 0. The highest BCUT2D eigenvalue weighted by atomic mass is 35.5. The Labute approximate surface area is 155 Å². The third-order valence-electron chi connectivity index (χ3n) is 4.49. The lowest BCUT2D eigenvalue weighted by atomic mass is 10.2. The van der Waals surface area contributed by atoms with E-state index in [1.807, 2.05) is 29.6 Å². The van der Waals surface area contributed by atoms with E-state index in [1.54, 1.807) is 11.3 Å². The van der Waals surface area contributed by atoms with E-state index in [4.69, 9.17) is 26.7 Å². The SMILES string of the molecule is OCCN1CCN(c2nc(-c3sccc3Cl)nc3ccccc23)CC1. The number of hydrogen-bond donors (Lipinski definition) is 1. The number of rotatable bonds is 4. The van der Waals surface area contributed by atoms with E-state index in [0.717, 1.165) is 54.3 Å². The molecule has 0 atom stereocenters. The van der Waals surface area contributed by atoms with Crippen LogP contribution in [-0.2, 0) is 0 Å². The largest absolute Gasteiger partial charge is 0.395 e. The van der Waals surface area contributed by atoms with Crippen molar-refractivity contribution in [1.82, 2.24) is 14.9 Å². The van der Waals surface area contributed by atoms with E-state index in [2.05, 4.69) is 15.9 Å². The minimum atomic E-state index is 0.206. The number of piperazine rings is 1. The summed E-state index contributed by atoms with van der Waals surface area (Å²) in [6.45, 7) is 4.56. The number of nitrogens with zero attached hydrogens (tertiary/aromatic N) is 4. The number of fused-ring (bicyclic) bond motifs is 1. The van der Waals surface area contributed by atoms with Crippen LogP contribution in [-0.4, -0.2) is 59.3 Å². The third-order valence-corrected chi connectivity index (χ3v) is 5.83. The summed E-state index contributed by atoms with van der Waals surface area (Å²) >= 11 is 7.87. The molecule has 1 aliphatic rings. The zero-order valence-corrected chi connectivity index (χ0v) is 15.3. The van der Waals surface area contributed by atoms with E-state index >= 15 is 0 Å². The van der Waals surface area contributed by atoms with E-state index in [-0.39, 0.29) is 6.61 Å². The zero-order valence-electron chi connectivity index (χ0n) is 13.7. The summed E-state index contributed by atoms with van der Waals surface area (Å²) in [6.07, 6.45) is 0. The molecule has 7 heteroatoms. The average Bonchev–Trinajstić information content (AvgIpc) is 3.08. The molecule has 1 saturated heterocycles. The van der Waals surface area contributed by atoms with Gasteiger partial charge >= 0.3 is 0 Å². The second-order valence-electron chi connectivity index (χ2n) is 6.04. The van der Waals surface area contributed by atoms with Crippen LogP contribution in [0.3, 0.4) is 0 Å². The summed E-state index contributed by atoms with van der Waals surface area (Å²) in [5.74, 6) is 1.65. The highest BCUT2D eigenvalue weighted by molar-refractivity contribution is 7.14. The molecular weight excluding hydrogens is 356 g/mol. The van der Waals surface area contributed by atoms with Crippen LogP contribution in [0.2, 0.25) is 5.02 Å². The number of aliphatic hydroxyl groups excluding tert-OH is 1. The van der Waals surface area contributed by atoms with Gasteiger partial charge in [-0.2, -0.15) is 0 Å². The molecule has 1 N–H and O–H groups in total. The molecule has 4 rings (SSSR count). The summed E-state index contributed by atoms with van der Waals surface area (Å²) in [6, 6.07) is 10.00. The molecular formula is C18H19ClN4OS. The molecule has 0 aliphatic carbocycles. The molecule has 25 heavy (non-hydrogen) atoms. The van der Waals surface area contributed by atoms with E-state index in [0.29, 0.717) is 10.8 Å². The van der Waals surface area contributed by atoms with Crippen LogP contribution in [0, 0.1) is 0 Å². The molecule has 0 spiro atoms. The Balaban J connectivity index is 1.74. The van der Waals surface area contributed by atoms with Gasteiger partial charge in [0.1, 0.15) is 5.82 Å². The van der Waals surface area contributed by atoms with Crippen molar-refractivity contribution in [3.05, 3.63) is 40.7 Å². The summed E-state index contributed by atoms with van der Waals surface area (Å²) in [5.41, 5.74) is 0.935. The molecule has 1 fully saturated rings. The first-order chi connectivity index (χ1) is 12.3. The predicted molar refractivity (Wildman–Crippen MR) is 104 cm³/mol. The molecule has 0 amide bonds. The first-order valence-corrected chi connectivity index (χ1v) is 9.60. The lowest BCUT2D eigenvalue weighted by Gasteiger charge is -2.35. The van der Waals surface area contributed by atoms with Gasteiger partial charge in [-0.3, -0.25) is 4.90 Å². The van der Waals surface area contributed by atoms with E-state index in [9.17, 15) is 0 Å². The fraction of sp³-hybridized carbons (Fsp3) is 0.333. The maximum atomic E-state index is 9.12. The molecule has 0 saturated carbocycles. The van der Waals surface area contributed by atoms with E-state index < -0.39 is 0 Å². The smallest absolute Gasteiger partial charge is 0.173 e. The van der Waals surface area contributed by atoms with Crippen molar-refractivity contribution < 1.29 is 5.11 Å². The Bertz CT molecular complexity index is 876. The van der Waals surface area contributed by atoms with Crippen molar-refractivity contribution >= 4 is 39.7 Å². The molecule has 130 valence electrons. The fourth-order valence-electron chi connectivity index (χ4n) is 3.18. The van der Waals surface area contributed by atoms with Gasteiger partial charge in [0.05, 0.1) is 22.0 Å². The van der Waals surface area contributed by atoms with Crippen LogP contribution in [0.5, 0.6) is 0 Å². The van der Waals surface area contributed by atoms with Gasteiger partial charge in [-0.05, 0) is 23.6 Å². The van der Waals surface area contributed by atoms with Gasteiger partial charge in [-0.15, -0.1) is 11.3 Å². The van der Waals surface area contributed by atoms with Gasteiger partial charge in [0, 0.05) is 38.1 Å². The van der Waals surface area contributed by atoms with E-state index in [1.165, 1.54) is 0 Å². The van der Waals surface area contributed by atoms with Crippen LogP contribution in [0.1, 0.15) is 0 Å². The maximum absolute atomic E-state index is 9.12. The van der Waals surface area contributed by atoms with Gasteiger partial charge in [0.2, 0.25) is 0 Å². The van der Waals surface area contributed by atoms with Gasteiger partial charge in [0.15, 0.2) is 5.82 Å². The van der Waals surface area contributed by atoms with Gasteiger partial charge < -0.3 is 10.0 Å². The number of thiophene rings is 1. The Kier molecular flexibility index (Phi) is 4.85. The predicted octanol–water partition coefficient (Wildman–Crippen LogP) is 3.13. The Hall–Kier alpha value is -1.73. The van der Waals surface area contributed by atoms with Crippen LogP contribution in [0.4, 0.5) is 5.82 Å². The molecule has 1 aliphatic heterocycles. The van der Waals surface area contributed by atoms with Crippen molar-refractivity contribution in [2.75, 3.05) is 44.2 Å². The van der Waals surface area contributed by atoms with Gasteiger partial charge in [-0.25, -0.2) is 9.97 Å². The van der Waals surface area contributed by atoms with Crippen LogP contribution < -0.4 is 4.90 Å². The number of benzene rings is 1. The first kappa shape index (κ1) is 16.7. The van der Waals surface area contributed by atoms with Crippen LogP contribution in [0.25, 0.3) is 21.6 Å². The molecule has 5 nitrogen and oxygen atoms in total. The second kappa shape index (κ2) is 7.25. The first-order valence-electron chi connectivity index (χ1n) is 8.34. The molecule has 0 unspecified atom stereocenters. The zero-order chi connectivity index (χ0) is 17.2. The average molecular weight is 375 g/mol. The fourth-order valence-corrected chi connectivity index (χ4v) is 4.25. The number of anilines is 1. The monoisotopic (exact) mass is 374 g/mol. The lowest BCUT2D eigenvalue weighted by Crippen LogP contribution is -2.47. The number of aromatic nitrogens is 2. The number of para-hydroxylation sites is 1. The normalized spacial score (nSPS) is 15.8. The Morgan fingerprint density at radius 2 is 1.88 bits per heavy atom. The Morgan fingerprint density at radius 3 is 2.60 bits per heavy atom. The number of aliphatic hydroxyl groups is 1. The van der Waals surface area contributed by atoms with Crippen molar-refractivity contribution in [3.8, 4) is 10.7 Å². The highest BCUT2D eigenvalue weighted by Crippen LogP contribution is 2.34. The van der Waals surface area contributed by atoms with Crippen LogP contribution in [0.15, 0.2) is 35.7 Å². The second-order valence-corrected chi connectivity index (χ2v) is 7.36. The Morgan fingerprint density at radius 1 is 1.08 bits per heavy atom. The van der Waals surface area contributed by atoms with Gasteiger partial charge in [0.25, 0.3) is 0 Å². The maximum Gasteiger partial charge on any atom is 0.173 e. The number of halogens is 1. The molecule has 2 aromatic heterocycles. The van der Waals surface area contributed by atoms with Crippen LogP contribution >= 0.6 is 22.9 Å². The molecule has 0 bridgehead atoms. The summed E-state index contributed by atoms with van der Waals surface area (Å²) in [7, 11) is 0. The lowest BCUT2D eigenvalue weighted by molar-refractivity contribution is 0.188. The number of β-amino-alcohol motifs (C(OH)–C–C–N with tert-alkyl or cyclic N) is 1. The molecule has 0 radical (unpaired) electrons. The molecule has 1 aromatic carbocycles. The molecule has 3 aromatic rings.